The molecule has 1 atom stereocenters. The minimum atomic E-state index is -0.644. The zero-order valence-corrected chi connectivity index (χ0v) is 7.43. The number of rotatable bonds is 5. The summed E-state index contributed by atoms with van der Waals surface area (Å²) >= 11 is 0. The molecule has 0 amide bonds. The molecule has 0 saturated carbocycles. The molecule has 0 aromatic heterocycles. The van der Waals surface area contributed by atoms with Crippen molar-refractivity contribution in [3.05, 3.63) is 6.42 Å². The Morgan fingerprint density at radius 3 is 2.00 bits per heavy atom. The van der Waals surface area contributed by atoms with Crippen LogP contribution in [0, 0.1) is 18.3 Å². The summed E-state index contributed by atoms with van der Waals surface area (Å²) in [5.74, 6) is 2.39. The highest BCUT2D eigenvalue weighted by molar-refractivity contribution is 4.91. The van der Waals surface area contributed by atoms with E-state index >= 15 is 0 Å². The van der Waals surface area contributed by atoms with E-state index in [1.54, 1.807) is 0 Å². The molecular formula is C10H17O. The van der Waals surface area contributed by atoms with Gasteiger partial charge in [-0.2, -0.15) is 0 Å². The lowest BCUT2D eigenvalue weighted by molar-refractivity contribution is 0.147. The molecule has 1 unspecified atom stereocenters. The van der Waals surface area contributed by atoms with E-state index in [2.05, 4.69) is 19.8 Å². The Morgan fingerprint density at radius 2 is 1.73 bits per heavy atom. The average Bonchev–Trinajstić information content (AvgIpc) is 2.03. The lowest BCUT2D eigenvalue weighted by atomic mass is 9.93. The highest BCUT2D eigenvalue weighted by Gasteiger charge is 2.14. The Bertz CT molecular complexity index is 117. The van der Waals surface area contributed by atoms with Crippen LogP contribution in [0.15, 0.2) is 0 Å². The molecule has 0 aliphatic rings. The molecule has 0 aromatic rings. The summed E-state index contributed by atoms with van der Waals surface area (Å²) in [5, 5.41) is 9.28. The maximum Gasteiger partial charge on any atom is 0.118 e. The van der Waals surface area contributed by atoms with Crippen LogP contribution in [0.2, 0.25) is 0 Å². The molecule has 11 heavy (non-hydrogen) atoms. The Kier molecular flexibility index (Phi) is 5.97. The first-order valence-electron chi connectivity index (χ1n) is 4.36. The highest BCUT2D eigenvalue weighted by Crippen LogP contribution is 2.17. The fourth-order valence-corrected chi connectivity index (χ4v) is 1.32. The van der Waals surface area contributed by atoms with Gasteiger partial charge in [0.15, 0.2) is 0 Å². The fraction of sp³-hybridized carbons (Fsp3) is 0.800. The number of hydrogen-bond donors (Lipinski definition) is 1. The minimum Gasteiger partial charge on any atom is -0.380 e. The summed E-state index contributed by atoms with van der Waals surface area (Å²) < 4.78 is 0. The SMILES string of the molecule is [C]#CC(O)C(CCC)CCC. The normalized spacial score (nSPS) is 13.0. The van der Waals surface area contributed by atoms with Gasteiger partial charge in [-0.15, -0.1) is 0 Å². The van der Waals surface area contributed by atoms with Crippen LogP contribution in [-0.4, -0.2) is 11.2 Å². The zero-order valence-electron chi connectivity index (χ0n) is 7.43. The second-order valence-corrected chi connectivity index (χ2v) is 2.93. The summed E-state index contributed by atoms with van der Waals surface area (Å²) in [4.78, 5) is 0. The summed E-state index contributed by atoms with van der Waals surface area (Å²) in [6.45, 7) is 4.19. The second-order valence-electron chi connectivity index (χ2n) is 2.93. The number of aliphatic hydroxyl groups is 1. The molecule has 0 aliphatic carbocycles. The standard InChI is InChI=1S/C10H17O/c1-4-7-9(8-5-2)10(11)6-3/h9-11H,4-5,7-8H2,1-2H3. The lowest BCUT2D eigenvalue weighted by Gasteiger charge is -2.16. The fourth-order valence-electron chi connectivity index (χ4n) is 1.32. The molecule has 0 rings (SSSR count). The van der Waals surface area contributed by atoms with Gasteiger partial charge in [-0.3, -0.25) is 0 Å². The molecule has 0 heterocycles. The van der Waals surface area contributed by atoms with E-state index in [-0.39, 0.29) is 5.92 Å². The molecule has 0 fully saturated rings. The van der Waals surface area contributed by atoms with E-state index in [4.69, 9.17) is 6.42 Å². The van der Waals surface area contributed by atoms with Gasteiger partial charge in [-0.25, -0.2) is 0 Å². The quantitative estimate of drug-likeness (QED) is 0.600. The highest BCUT2D eigenvalue weighted by atomic mass is 16.3. The third-order valence-corrected chi connectivity index (χ3v) is 1.91. The third kappa shape index (κ3) is 4.06. The van der Waals surface area contributed by atoms with Crippen molar-refractivity contribution in [2.45, 2.75) is 45.6 Å². The molecule has 0 aliphatic heterocycles. The molecule has 0 bridgehead atoms. The first-order chi connectivity index (χ1) is 5.26. The van der Waals surface area contributed by atoms with Gasteiger partial charge in [0.05, 0.1) is 0 Å². The first-order valence-corrected chi connectivity index (χ1v) is 4.36. The molecule has 1 nitrogen and oxygen atoms in total. The monoisotopic (exact) mass is 153 g/mol. The van der Waals surface area contributed by atoms with E-state index in [1.165, 1.54) is 0 Å². The van der Waals surface area contributed by atoms with Crippen molar-refractivity contribution < 1.29 is 5.11 Å². The van der Waals surface area contributed by atoms with Crippen molar-refractivity contribution in [1.29, 1.82) is 0 Å². The maximum atomic E-state index is 9.28. The van der Waals surface area contributed by atoms with Crippen molar-refractivity contribution in [1.82, 2.24) is 0 Å². The summed E-state index contributed by atoms with van der Waals surface area (Å²) in [5.41, 5.74) is 0. The second kappa shape index (κ2) is 6.24. The Labute approximate surface area is 69.8 Å². The molecule has 0 saturated heterocycles. The predicted octanol–water partition coefficient (Wildman–Crippen LogP) is 2.15. The molecule has 0 spiro atoms. The average molecular weight is 153 g/mol. The number of aliphatic hydroxyl groups excluding tert-OH is 1. The van der Waals surface area contributed by atoms with Gasteiger partial charge < -0.3 is 5.11 Å². The van der Waals surface area contributed by atoms with Crippen LogP contribution in [-0.2, 0) is 0 Å². The van der Waals surface area contributed by atoms with Crippen LogP contribution >= 0.6 is 0 Å². The van der Waals surface area contributed by atoms with Gasteiger partial charge in [0, 0.05) is 0 Å². The molecule has 1 heteroatoms. The van der Waals surface area contributed by atoms with Gasteiger partial charge >= 0.3 is 0 Å². The zero-order chi connectivity index (χ0) is 8.69. The Morgan fingerprint density at radius 1 is 1.27 bits per heavy atom. The molecule has 63 valence electrons. The summed E-state index contributed by atoms with van der Waals surface area (Å²) in [6.07, 6.45) is 10.3. The minimum absolute atomic E-state index is 0.252. The third-order valence-electron chi connectivity index (χ3n) is 1.91. The van der Waals surface area contributed by atoms with Crippen molar-refractivity contribution in [2.24, 2.45) is 5.92 Å². The van der Waals surface area contributed by atoms with Crippen molar-refractivity contribution >= 4 is 0 Å². The van der Waals surface area contributed by atoms with E-state index in [9.17, 15) is 5.11 Å². The topological polar surface area (TPSA) is 20.2 Å². The van der Waals surface area contributed by atoms with Gasteiger partial charge in [0.25, 0.3) is 0 Å². The Hall–Kier alpha value is -0.480. The molecule has 1 radical (unpaired) electrons. The predicted molar refractivity (Wildman–Crippen MR) is 46.4 cm³/mol. The van der Waals surface area contributed by atoms with E-state index < -0.39 is 6.10 Å². The van der Waals surface area contributed by atoms with Crippen LogP contribution in [0.3, 0.4) is 0 Å². The van der Waals surface area contributed by atoms with E-state index in [0.717, 1.165) is 25.7 Å². The lowest BCUT2D eigenvalue weighted by Crippen LogP contribution is -2.17. The van der Waals surface area contributed by atoms with Gasteiger partial charge in [-0.1, -0.05) is 32.6 Å². The van der Waals surface area contributed by atoms with Crippen molar-refractivity contribution in [3.8, 4) is 5.92 Å². The smallest absolute Gasteiger partial charge is 0.118 e. The van der Waals surface area contributed by atoms with Crippen LogP contribution in [0.5, 0.6) is 0 Å². The molecule has 0 aromatic carbocycles. The number of hydrogen-bond acceptors (Lipinski definition) is 1. The van der Waals surface area contributed by atoms with Crippen molar-refractivity contribution in [2.75, 3.05) is 0 Å². The molecule has 1 N–H and O–H groups in total. The van der Waals surface area contributed by atoms with Gasteiger partial charge in [0.1, 0.15) is 6.10 Å². The van der Waals surface area contributed by atoms with E-state index in [1.807, 2.05) is 0 Å². The van der Waals surface area contributed by atoms with Crippen molar-refractivity contribution in [3.63, 3.8) is 0 Å². The van der Waals surface area contributed by atoms with Crippen LogP contribution in [0.4, 0.5) is 0 Å². The van der Waals surface area contributed by atoms with Crippen LogP contribution in [0.1, 0.15) is 39.5 Å². The first kappa shape index (κ1) is 10.5. The summed E-state index contributed by atoms with van der Waals surface area (Å²) in [6, 6.07) is 0. The summed E-state index contributed by atoms with van der Waals surface area (Å²) in [7, 11) is 0. The molecular weight excluding hydrogens is 136 g/mol. The van der Waals surface area contributed by atoms with Crippen LogP contribution in [0.25, 0.3) is 0 Å². The maximum absolute atomic E-state index is 9.28. The Balaban J connectivity index is 3.78. The van der Waals surface area contributed by atoms with Gasteiger partial charge in [-0.05, 0) is 25.2 Å². The van der Waals surface area contributed by atoms with E-state index in [0.29, 0.717) is 0 Å². The largest absolute Gasteiger partial charge is 0.380 e. The van der Waals surface area contributed by atoms with Gasteiger partial charge in [0.2, 0.25) is 0 Å². The van der Waals surface area contributed by atoms with Crippen LogP contribution < -0.4 is 0 Å².